The molecule has 3 heterocycles. The minimum Gasteiger partial charge on any atom is -0.453 e. The van der Waals surface area contributed by atoms with Crippen molar-refractivity contribution in [1.29, 1.82) is 0 Å². The summed E-state index contributed by atoms with van der Waals surface area (Å²) in [6.45, 7) is 0. The Kier molecular flexibility index (Phi) is 8.12. The molecule has 0 unspecified atom stereocenters. The highest BCUT2D eigenvalue weighted by Crippen LogP contribution is 2.52. The van der Waals surface area contributed by atoms with E-state index < -0.39 is 16.0 Å². The van der Waals surface area contributed by atoms with Gasteiger partial charge in [-0.05, 0) is 117 Å². The molecule has 6 heteroatoms. The first-order valence-corrected chi connectivity index (χ1v) is 23.7. The molecule has 4 nitrogen and oxygen atoms in total. The van der Waals surface area contributed by atoms with Gasteiger partial charge in [0, 0.05) is 11.4 Å². The lowest BCUT2D eigenvalue weighted by molar-refractivity contribution is 0.477. The summed E-state index contributed by atoms with van der Waals surface area (Å²) in [5.74, 6) is 3.37. The van der Waals surface area contributed by atoms with Crippen LogP contribution in [0.1, 0.15) is 0 Å². The number of ether oxygens (including phenoxy) is 2. The number of rotatable bonds is 5. The van der Waals surface area contributed by atoms with Gasteiger partial charge in [0.25, 0.3) is 0 Å². The fourth-order valence-electron chi connectivity index (χ4n) is 9.58. The van der Waals surface area contributed by atoms with Crippen LogP contribution in [-0.4, -0.2) is 8.07 Å². The zero-order valence-electron chi connectivity index (χ0n) is 32.5. The Morgan fingerprint density at radius 3 is 1.05 bits per heavy atom. The van der Waals surface area contributed by atoms with E-state index in [1.54, 1.807) is 0 Å². The molecule has 0 saturated carbocycles. The SMILES string of the molecule is c1ccc(P2c3ccc(N4c5ccccc5Oc5ccccc54)cc3[Si](c3ccccc3)(c3ccccc3)c3cc(N4c5ccccc5Oc5ccccc54)ccc32)cc1. The second kappa shape index (κ2) is 14.0. The molecule has 0 saturated heterocycles. The summed E-state index contributed by atoms with van der Waals surface area (Å²) in [5, 5.41) is 9.64. The van der Waals surface area contributed by atoms with Crippen molar-refractivity contribution in [2.75, 3.05) is 9.80 Å². The van der Waals surface area contributed by atoms with Crippen LogP contribution in [0, 0.1) is 0 Å². The summed E-state index contributed by atoms with van der Waals surface area (Å²) in [5.41, 5.74) is 6.32. The number of benzene rings is 9. The maximum atomic E-state index is 6.52. The molecule has 0 aliphatic carbocycles. The van der Waals surface area contributed by atoms with E-state index in [0.29, 0.717) is 0 Å². The smallest absolute Gasteiger partial charge is 0.181 e. The Morgan fingerprint density at radius 1 is 0.333 bits per heavy atom. The predicted octanol–water partition coefficient (Wildman–Crippen LogP) is 10.3. The number of para-hydroxylation sites is 8. The molecule has 60 heavy (non-hydrogen) atoms. The highest BCUT2D eigenvalue weighted by atomic mass is 31.1. The summed E-state index contributed by atoms with van der Waals surface area (Å²) in [4.78, 5) is 4.78. The van der Waals surface area contributed by atoms with Crippen molar-refractivity contribution < 1.29 is 9.47 Å². The molecule has 9 aromatic rings. The molecule has 0 amide bonds. The van der Waals surface area contributed by atoms with Crippen LogP contribution < -0.4 is 55.9 Å². The Bertz CT molecular complexity index is 2810. The lowest BCUT2D eigenvalue weighted by Gasteiger charge is -2.45. The van der Waals surface area contributed by atoms with E-state index in [4.69, 9.17) is 9.47 Å². The van der Waals surface area contributed by atoms with Gasteiger partial charge in [0.2, 0.25) is 0 Å². The van der Waals surface area contributed by atoms with E-state index in [1.165, 1.54) is 36.7 Å². The quantitative estimate of drug-likeness (QED) is 0.128. The van der Waals surface area contributed by atoms with Gasteiger partial charge in [-0.2, -0.15) is 0 Å². The monoisotopic (exact) mass is 804 g/mol. The minimum absolute atomic E-state index is 0.844. The van der Waals surface area contributed by atoms with Crippen LogP contribution >= 0.6 is 7.92 Å². The van der Waals surface area contributed by atoms with Crippen molar-refractivity contribution >= 4 is 86.8 Å². The highest BCUT2D eigenvalue weighted by molar-refractivity contribution is 7.81. The Balaban J connectivity index is 1.20. The zero-order valence-corrected chi connectivity index (χ0v) is 34.4. The average molecular weight is 805 g/mol. The second-order valence-corrected chi connectivity index (χ2v) is 21.2. The van der Waals surface area contributed by atoms with Crippen LogP contribution in [0.2, 0.25) is 0 Å². The van der Waals surface area contributed by atoms with Crippen LogP contribution in [0.25, 0.3) is 0 Å². The fourth-order valence-corrected chi connectivity index (χ4v) is 18.5. The fraction of sp³-hybridized carbons (Fsp3) is 0. The molecule has 0 fully saturated rings. The maximum Gasteiger partial charge on any atom is 0.181 e. The van der Waals surface area contributed by atoms with Crippen LogP contribution in [0.15, 0.2) is 224 Å². The molecule has 0 spiro atoms. The minimum atomic E-state index is -3.11. The van der Waals surface area contributed by atoms with E-state index in [1.807, 2.05) is 24.3 Å². The summed E-state index contributed by atoms with van der Waals surface area (Å²) >= 11 is 0. The molecule has 3 aliphatic heterocycles. The molecule has 0 radical (unpaired) electrons. The van der Waals surface area contributed by atoms with E-state index in [-0.39, 0.29) is 0 Å². The standard InChI is InChI=1S/C54H37N2O2PSi/c1-4-18-40(19-5-1)59-51-34-32-38(55-43-24-10-14-28-47(43)57-48-29-15-11-25-44(48)55)36-53(51)60(41-20-6-2-7-21-41,42-22-8-3-9-23-42)54-37-39(33-35-52(54)59)56-45-26-12-16-30-49(45)58-50-31-17-13-27-46(50)56/h1-37H. The molecule has 12 rings (SSSR count). The van der Waals surface area contributed by atoms with Gasteiger partial charge in [-0.3, -0.25) is 0 Å². The first-order valence-electron chi connectivity index (χ1n) is 20.3. The van der Waals surface area contributed by atoms with Gasteiger partial charge >= 0.3 is 0 Å². The largest absolute Gasteiger partial charge is 0.453 e. The van der Waals surface area contributed by atoms with Gasteiger partial charge in [-0.1, -0.05) is 152 Å². The van der Waals surface area contributed by atoms with Crippen molar-refractivity contribution in [2.24, 2.45) is 0 Å². The molecule has 0 aromatic heterocycles. The van der Waals surface area contributed by atoms with Crippen LogP contribution in [0.3, 0.4) is 0 Å². The lowest BCUT2D eigenvalue weighted by Crippen LogP contribution is -2.81. The van der Waals surface area contributed by atoms with Crippen molar-refractivity contribution in [3.05, 3.63) is 224 Å². The highest BCUT2D eigenvalue weighted by Gasteiger charge is 2.50. The number of anilines is 6. The molecule has 284 valence electrons. The van der Waals surface area contributed by atoms with Crippen molar-refractivity contribution in [3.63, 3.8) is 0 Å². The lowest BCUT2D eigenvalue weighted by atomic mass is 10.1. The molecule has 0 atom stereocenters. The van der Waals surface area contributed by atoms with Crippen molar-refractivity contribution in [2.45, 2.75) is 0 Å². The summed E-state index contributed by atoms with van der Waals surface area (Å²) in [7, 11) is -4.07. The summed E-state index contributed by atoms with van der Waals surface area (Å²) in [6.07, 6.45) is 0. The van der Waals surface area contributed by atoms with E-state index in [2.05, 4.69) is 210 Å². The van der Waals surface area contributed by atoms with Crippen molar-refractivity contribution in [3.8, 4) is 23.0 Å². The summed E-state index contributed by atoms with van der Waals surface area (Å²) in [6, 6.07) is 82.0. The Morgan fingerprint density at radius 2 is 0.667 bits per heavy atom. The van der Waals surface area contributed by atoms with Gasteiger partial charge < -0.3 is 19.3 Å². The summed E-state index contributed by atoms with van der Waals surface area (Å²) < 4.78 is 13.0. The van der Waals surface area contributed by atoms with Crippen LogP contribution in [0.5, 0.6) is 23.0 Å². The second-order valence-electron chi connectivity index (χ2n) is 15.3. The van der Waals surface area contributed by atoms with Crippen molar-refractivity contribution in [1.82, 2.24) is 0 Å². The molecular formula is C54H37N2O2PSi. The van der Waals surface area contributed by atoms with Crippen LogP contribution in [0.4, 0.5) is 34.1 Å². The molecule has 9 aromatic carbocycles. The van der Waals surface area contributed by atoms with E-state index in [0.717, 1.165) is 57.1 Å². The molecular weight excluding hydrogens is 768 g/mol. The average Bonchev–Trinajstić information content (AvgIpc) is 3.32. The van der Waals surface area contributed by atoms with Gasteiger partial charge in [-0.15, -0.1) is 0 Å². The van der Waals surface area contributed by atoms with Gasteiger partial charge in [0.05, 0.1) is 22.7 Å². The van der Waals surface area contributed by atoms with Gasteiger partial charge in [-0.25, -0.2) is 0 Å². The van der Waals surface area contributed by atoms with Gasteiger partial charge in [0.15, 0.2) is 31.1 Å². The first-order chi connectivity index (χ1) is 29.8. The number of fused-ring (bicyclic) bond motifs is 6. The normalized spacial score (nSPS) is 14.3. The molecule has 0 N–H and O–H groups in total. The van der Waals surface area contributed by atoms with E-state index >= 15 is 0 Å². The number of hydrogen-bond acceptors (Lipinski definition) is 4. The first kappa shape index (κ1) is 34.8. The van der Waals surface area contributed by atoms with Crippen LogP contribution in [-0.2, 0) is 0 Å². The third-order valence-corrected chi connectivity index (χ3v) is 19.9. The Hall–Kier alpha value is -7.17. The maximum absolute atomic E-state index is 6.52. The van der Waals surface area contributed by atoms with Gasteiger partial charge in [0.1, 0.15) is 0 Å². The third-order valence-electron chi connectivity index (χ3n) is 12.1. The Labute approximate surface area is 351 Å². The zero-order chi connectivity index (χ0) is 39.6. The number of nitrogens with zero attached hydrogens (tertiary/aromatic N) is 2. The third kappa shape index (κ3) is 5.26. The molecule has 0 bridgehead atoms. The number of hydrogen-bond donors (Lipinski definition) is 0. The topological polar surface area (TPSA) is 24.9 Å². The molecule has 3 aliphatic rings. The predicted molar refractivity (Wildman–Crippen MR) is 252 cm³/mol. The van der Waals surface area contributed by atoms with E-state index in [9.17, 15) is 0 Å².